The van der Waals surface area contributed by atoms with Crippen LogP contribution in [0.1, 0.15) is 10.4 Å². The van der Waals surface area contributed by atoms with Gasteiger partial charge in [-0.3, -0.25) is 4.79 Å². The van der Waals surface area contributed by atoms with Crippen molar-refractivity contribution in [1.29, 1.82) is 0 Å². The maximum absolute atomic E-state index is 12.6. The number of carbonyl (C=O) groups excluding carboxylic acids is 1. The third-order valence-electron chi connectivity index (χ3n) is 2.16. The summed E-state index contributed by atoms with van der Waals surface area (Å²) in [6, 6.07) is 2.41. The third-order valence-corrected chi connectivity index (χ3v) is 2.16. The number of alkyl halides is 4. The van der Waals surface area contributed by atoms with Crippen LogP contribution in [0.2, 0.25) is 0 Å². The van der Waals surface area contributed by atoms with Gasteiger partial charge >= 0.3 is 12.3 Å². The molecule has 9 heteroatoms. The number of aromatic nitrogens is 1. The lowest BCUT2D eigenvalue weighted by atomic mass is 10.2. The molecule has 3 N–H and O–H groups in total. The summed E-state index contributed by atoms with van der Waals surface area (Å²) in [6.45, 7) is -0.947. The Bertz CT molecular complexity index is 440. The van der Waals surface area contributed by atoms with Gasteiger partial charge in [0.05, 0.1) is 5.56 Å². The quantitative estimate of drug-likeness (QED) is 0.737. The zero-order valence-electron chi connectivity index (χ0n) is 10.3. The Labute approximate surface area is 112 Å². The molecule has 20 heavy (non-hydrogen) atoms. The van der Waals surface area contributed by atoms with Crippen LogP contribution in [0.5, 0.6) is 5.88 Å². The van der Waals surface area contributed by atoms with Crippen LogP contribution in [0.4, 0.5) is 17.6 Å². The van der Waals surface area contributed by atoms with Crippen LogP contribution in [0, 0.1) is 0 Å². The van der Waals surface area contributed by atoms with Crippen molar-refractivity contribution >= 4 is 5.91 Å². The fourth-order valence-corrected chi connectivity index (χ4v) is 1.12. The second-order valence-corrected chi connectivity index (χ2v) is 3.78. The number of ether oxygens (including phenoxy) is 1. The molecule has 0 saturated heterocycles. The van der Waals surface area contributed by atoms with Crippen molar-refractivity contribution < 1.29 is 27.1 Å². The predicted octanol–water partition coefficient (Wildman–Crippen LogP) is 1.05. The van der Waals surface area contributed by atoms with Gasteiger partial charge in [0.1, 0.15) is 0 Å². The van der Waals surface area contributed by atoms with E-state index in [4.69, 9.17) is 5.73 Å². The van der Waals surface area contributed by atoms with E-state index < -0.39 is 24.9 Å². The molecule has 0 bridgehead atoms. The highest BCUT2D eigenvalue weighted by molar-refractivity contribution is 5.93. The number of hydrogen-bond acceptors (Lipinski definition) is 4. The summed E-state index contributed by atoms with van der Waals surface area (Å²) >= 11 is 0. The van der Waals surface area contributed by atoms with Gasteiger partial charge in [-0.15, -0.1) is 0 Å². The highest BCUT2D eigenvalue weighted by atomic mass is 19.3. The molecule has 0 aliphatic heterocycles. The summed E-state index contributed by atoms with van der Waals surface area (Å²) in [5.41, 5.74) is 5.37. The monoisotopic (exact) mass is 295 g/mol. The van der Waals surface area contributed by atoms with E-state index in [-0.39, 0.29) is 24.5 Å². The first-order valence-corrected chi connectivity index (χ1v) is 5.60. The van der Waals surface area contributed by atoms with Crippen LogP contribution in [-0.4, -0.2) is 42.9 Å². The largest absolute Gasteiger partial charge is 0.471 e. The van der Waals surface area contributed by atoms with Gasteiger partial charge in [0.2, 0.25) is 5.88 Å². The Balaban J connectivity index is 2.57. The normalized spacial score (nSPS) is 11.5. The van der Waals surface area contributed by atoms with Crippen LogP contribution < -0.4 is 15.8 Å². The van der Waals surface area contributed by atoms with Gasteiger partial charge in [0, 0.05) is 25.4 Å². The predicted molar refractivity (Wildman–Crippen MR) is 62.1 cm³/mol. The number of halogens is 4. The van der Waals surface area contributed by atoms with E-state index in [0.717, 1.165) is 12.3 Å². The SMILES string of the molecule is NCCNC(=O)c1ccc(OCC(F)(F)C(F)F)nc1. The topological polar surface area (TPSA) is 77.2 Å². The van der Waals surface area contributed by atoms with Gasteiger partial charge in [0.15, 0.2) is 6.61 Å². The lowest BCUT2D eigenvalue weighted by Gasteiger charge is -2.15. The van der Waals surface area contributed by atoms with Crippen molar-refractivity contribution in [2.75, 3.05) is 19.7 Å². The molecule has 0 aliphatic carbocycles. The van der Waals surface area contributed by atoms with Crippen molar-refractivity contribution in [3.05, 3.63) is 23.9 Å². The summed E-state index contributed by atoms with van der Waals surface area (Å²) in [5, 5.41) is 2.48. The number of carbonyl (C=O) groups is 1. The lowest BCUT2D eigenvalue weighted by molar-refractivity contribution is -0.148. The fourth-order valence-electron chi connectivity index (χ4n) is 1.12. The Morgan fingerprint density at radius 1 is 1.45 bits per heavy atom. The smallest absolute Gasteiger partial charge is 0.340 e. The number of nitrogens with zero attached hydrogens (tertiary/aromatic N) is 1. The first kappa shape index (κ1) is 16.2. The molecule has 1 aromatic heterocycles. The minimum atomic E-state index is -4.25. The summed E-state index contributed by atoms with van der Waals surface area (Å²) in [6.07, 6.45) is -2.73. The average molecular weight is 295 g/mol. The molecule has 112 valence electrons. The number of rotatable bonds is 7. The van der Waals surface area contributed by atoms with Gasteiger partial charge in [0.25, 0.3) is 5.91 Å². The second-order valence-electron chi connectivity index (χ2n) is 3.78. The van der Waals surface area contributed by atoms with E-state index in [0.29, 0.717) is 0 Å². The highest BCUT2D eigenvalue weighted by Crippen LogP contribution is 2.23. The maximum atomic E-state index is 12.6. The van der Waals surface area contributed by atoms with Gasteiger partial charge in [-0.2, -0.15) is 8.78 Å². The molecular weight excluding hydrogens is 282 g/mol. The Morgan fingerprint density at radius 3 is 2.65 bits per heavy atom. The first-order chi connectivity index (χ1) is 9.36. The number of nitrogens with one attached hydrogen (secondary N) is 1. The molecule has 0 saturated carbocycles. The zero-order chi connectivity index (χ0) is 15.2. The van der Waals surface area contributed by atoms with Crippen molar-refractivity contribution in [3.8, 4) is 5.88 Å². The third kappa shape index (κ3) is 4.65. The standard InChI is InChI=1S/C11H13F4N3O2/c12-10(13)11(14,15)6-20-8-2-1-7(5-18-8)9(19)17-4-3-16/h1-2,5,10H,3-4,6,16H2,(H,17,19). The number of amides is 1. The average Bonchev–Trinajstić information content (AvgIpc) is 2.43. The van der Waals surface area contributed by atoms with E-state index in [1.165, 1.54) is 6.07 Å². The summed E-state index contributed by atoms with van der Waals surface area (Å²) in [5.74, 6) is -4.97. The van der Waals surface area contributed by atoms with E-state index in [1.54, 1.807) is 0 Å². The Morgan fingerprint density at radius 2 is 2.15 bits per heavy atom. The van der Waals surface area contributed by atoms with Crippen molar-refractivity contribution in [2.45, 2.75) is 12.3 Å². The maximum Gasteiger partial charge on any atom is 0.340 e. The lowest BCUT2D eigenvalue weighted by Crippen LogP contribution is -2.34. The van der Waals surface area contributed by atoms with E-state index in [2.05, 4.69) is 15.0 Å². The fraction of sp³-hybridized carbons (Fsp3) is 0.455. The van der Waals surface area contributed by atoms with Crippen molar-refractivity contribution in [3.63, 3.8) is 0 Å². The molecule has 0 unspecified atom stereocenters. The van der Waals surface area contributed by atoms with E-state index in [9.17, 15) is 22.4 Å². The van der Waals surface area contributed by atoms with Gasteiger partial charge < -0.3 is 15.8 Å². The van der Waals surface area contributed by atoms with Gasteiger partial charge in [-0.05, 0) is 6.07 Å². The molecule has 5 nitrogen and oxygen atoms in total. The summed E-state index contributed by atoms with van der Waals surface area (Å²) in [4.78, 5) is 15.0. The molecule has 1 rings (SSSR count). The van der Waals surface area contributed by atoms with Gasteiger partial charge in [-0.1, -0.05) is 0 Å². The molecule has 0 radical (unpaired) electrons. The van der Waals surface area contributed by atoms with Crippen LogP contribution >= 0.6 is 0 Å². The number of hydrogen-bond donors (Lipinski definition) is 2. The van der Waals surface area contributed by atoms with Crippen molar-refractivity contribution in [2.24, 2.45) is 5.73 Å². The minimum Gasteiger partial charge on any atom is -0.471 e. The molecular formula is C11H13F4N3O2. The summed E-state index contributed by atoms with van der Waals surface area (Å²) < 4.78 is 53.4. The molecule has 0 atom stereocenters. The van der Waals surface area contributed by atoms with Crippen LogP contribution in [0.25, 0.3) is 0 Å². The number of nitrogens with two attached hydrogens (primary N) is 1. The Hall–Kier alpha value is -1.90. The first-order valence-electron chi connectivity index (χ1n) is 5.60. The van der Waals surface area contributed by atoms with E-state index in [1.807, 2.05) is 0 Å². The van der Waals surface area contributed by atoms with Crippen LogP contribution in [0.3, 0.4) is 0 Å². The summed E-state index contributed by atoms with van der Waals surface area (Å²) in [7, 11) is 0. The molecule has 0 aromatic carbocycles. The second kappa shape index (κ2) is 7.04. The highest BCUT2D eigenvalue weighted by Gasteiger charge is 2.41. The zero-order valence-corrected chi connectivity index (χ0v) is 10.3. The molecule has 1 heterocycles. The molecule has 0 aliphatic rings. The van der Waals surface area contributed by atoms with Gasteiger partial charge in [-0.25, -0.2) is 13.8 Å². The van der Waals surface area contributed by atoms with E-state index >= 15 is 0 Å². The van der Waals surface area contributed by atoms with Crippen LogP contribution in [0.15, 0.2) is 18.3 Å². The van der Waals surface area contributed by atoms with Crippen LogP contribution in [-0.2, 0) is 0 Å². The molecule has 1 aromatic rings. The number of pyridine rings is 1. The van der Waals surface area contributed by atoms with Crippen molar-refractivity contribution in [1.82, 2.24) is 10.3 Å². The Kier molecular flexibility index (Phi) is 5.68. The molecule has 0 spiro atoms. The minimum absolute atomic E-state index is 0.173. The molecule has 0 fully saturated rings. The molecule has 1 amide bonds.